The van der Waals surface area contributed by atoms with Gasteiger partial charge in [0.15, 0.2) is 0 Å². The fourth-order valence-electron chi connectivity index (χ4n) is 2.42. The lowest BCUT2D eigenvalue weighted by atomic mass is 10.2. The molecule has 20 heavy (non-hydrogen) atoms. The molecule has 0 aliphatic carbocycles. The predicted octanol–water partition coefficient (Wildman–Crippen LogP) is 0.793. The van der Waals surface area contributed by atoms with Gasteiger partial charge < -0.3 is 20.1 Å². The van der Waals surface area contributed by atoms with Crippen LogP contribution in [0.25, 0.3) is 0 Å². The van der Waals surface area contributed by atoms with E-state index in [0.29, 0.717) is 13.2 Å². The average Bonchev–Trinajstić information content (AvgIpc) is 2.52. The maximum absolute atomic E-state index is 5.43. The number of hydrogen-bond donors (Lipinski definition) is 1. The molecule has 1 saturated heterocycles. The maximum atomic E-state index is 5.43. The Balaban J connectivity index is 1.76. The monoisotopic (exact) mass is 279 g/mol. The molecule has 1 aliphatic rings. The quantitative estimate of drug-likeness (QED) is 0.748. The summed E-state index contributed by atoms with van der Waals surface area (Å²) in [5.74, 6) is 0.917. The lowest BCUT2D eigenvalue weighted by molar-refractivity contribution is 0.107. The highest BCUT2D eigenvalue weighted by molar-refractivity contribution is 5.51. The number of anilines is 1. The van der Waals surface area contributed by atoms with Crippen LogP contribution >= 0.6 is 0 Å². The Kier molecular flexibility index (Phi) is 6.11. The van der Waals surface area contributed by atoms with Crippen LogP contribution in [0, 0.1) is 0 Å². The Morgan fingerprint density at radius 3 is 2.65 bits per heavy atom. The molecule has 0 aromatic heterocycles. The number of piperazine rings is 1. The maximum Gasteiger partial charge on any atom is 0.120 e. The smallest absolute Gasteiger partial charge is 0.120 e. The van der Waals surface area contributed by atoms with Crippen LogP contribution in [0.15, 0.2) is 24.3 Å². The Hall–Kier alpha value is -1.30. The van der Waals surface area contributed by atoms with E-state index in [1.54, 1.807) is 7.11 Å². The fourth-order valence-corrected chi connectivity index (χ4v) is 2.42. The first-order valence-corrected chi connectivity index (χ1v) is 7.22. The van der Waals surface area contributed by atoms with Crippen LogP contribution in [0.3, 0.4) is 0 Å². The highest BCUT2D eigenvalue weighted by Crippen LogP contribution is 2.21. The van der Waals surface area contributed by atoms with Crippen molar-refractivity contribution in [2.75, 3.05) is 64.5 Å². The molecular weight excluding hydrogens is 254 g/mol. The first-order chi connectivity index (χ1) is 9.83. The molecule has 1 heterocycles. The molecule has 0 saturated carbocycles. The molecule has 0 bridgehead atoms. The minimum atomic E-state index is 0.601. The fraction of sp³-hybridized carbons (Fsp3) is 0.600. The van der Waals surface area contributed by atoms with Gasteiger partial charge in [-0.1, -0.05) is 6.07 Å². The zero-order chi connectivity index (χ0) is 14.2. The van der Waals surface area contributed by atoms with Gasteiger partial charge in [-0.3, -0.25) is 4.90 Å². The predicted molar refractivity (Wildman–Crippen MR) is 81.5 cm³/mol. The summed E-state index contributed by atoms with van der Waals surface area (Å²) < 4.78 is 10.7. The van der Waals surface area contributed by atoms with Crippen molar-refractivity contribution in [2.24, 2.45) is 5.73 Å². The number of rotatable bonds is 7. The summed E-state index contributed by atoms with van der Waals surface area (Å²) in [5.41, 5.74) is 6.64. The molecule has 0 radical (unpaired) electrons. The number of nitrogens with zero attached hydrogens (tertiary/aromatic N) is 2. The first-order valence-electron chi connectivity index (χ1n) is 7.22. The van der Waals surface area contributed by atoms with E-state index in [2.05, 4.69) is 21.9 Å². The van der Waals surface area contributed by atoms with Gasteiger partial charge in [0.05, 0.1) is 20.3 Å². The van der Waals surface area contributed by atoms with Crippen molar-refractivity contribution in [3.8, 4) is 5.75 Å². The molecule has 112 valence electrons. The van der Waals surface area contributed by atoms with Crippen LogP contribution in [0.1, 0.15) is 0 Å². The topological polar surface area (TPSA) is 51.0 Å². The van der Waals surface area contributed by atoms with E-state index in [-0.39, 0.29) is 0 Å². The molecule has 0 amide bonds. The Morgan fingerprint density at radius 1 is 1.15 bits per heavy atom. The third kappa shape index (κ3) is 4.37. The second-order valence-corrected chi connectivity index (χ2v) is 4.93. The van der Waals surface area contributed by atoms with Crippen molar-refractivity contribution in [1.82, 2.24) is 4.90 Å². The minimum Gasteiger partial charge on any atom is -0.497 e. The van der Waals surface area contributed by atoms with Gasteiger partial charge in [0.25, 0.3) is 0 Å². The van der Waals surface area contributed by atoms with Gasteiger partial charge in [-0.05, 0) is 12.1 Å². The zero-order valence-electron chi connectivity index (χ0n) is 12.3. The normalized spacial score (nSPS) is 16.4. The molecule has 0 atom stereocenters. The highest BCUT2D eigenvalue weighted by atomic mass is 16.5. The van der Waals surface area contributed by atoms with Gasteiger partial charge in [-0.25, -0.2) is 0 Å². The second kappa shape index (κ2) is 8.09. The molecule has 1 fully saturated rings. The summed E-state index contributed by atoms with van der Waals surface area (Å²) in [7, 11) is 1.71. The Bertz CT molecular complexity index is 392. The van der Waals surface area contributed by atoms with Crippen molar-refractivity contribution >= 4 is 5.69 Å². The van der Waals surface area contributed by atoms with Crippen molar-refractivity contribution in [3.63, 3.8) is 0 Å². The summed E-state index contributed by atoms with van der Waals surface area (Å²) in [4.78, 5) is 4.84. The van der Waals surface area contributed by atoms with E-state index in [4.69, 9.17) is 15.2 Å². The SMILES string of the molecule is COc1cccc(N2CCN(CCOCCN)CC2)c1. The molecular formula is C15H25N3O2. The van der Waals surface area contributed by atoms with Crippen molar-refractivity contribution in [1.29, 1.82) is 0 Å². The zero-order valence-corrected chi connectivity index (χ0v) is 12.3. The number of benzene rings is 1. The second-order valence-electron chi connectivity index (χ2n) is 4.93. The van der Waals surface area contributed by atoms with Crippen LogP contribution < -0.4 is 15.4 Å². The van der Waals surface area contributed by atoms with Gasteiger partial charge in [-0.2, -0.15) is 0 Å². The summed E-state index contributed by atoms with van der Waals surface area (Å²) >= 11 is 0. The highest BCUT2D eigenvalue weighted by Gasteiger charge is 2.17. The van der Waals surface area contributed by atoms with E-state index < -0.39 is 0 Å². The molecule has 0 unspecified atom stereocenters. The van der Waals surface area contributed by atoms with Crippen molar-refractivity contribution in [3.05, 3.63) is 24.3 Å². The van der Waals surface area contributed by atoms with Crippen molar-refractivity contribution in [2.45, 2.75) is 0 Å². The lowest BCUT2D eigenvalue weighted by Crippen LogP contribution is -2.47. The Morgan fingerprint density at radius 2 is 1.95 bits per heavy atom. The molecule has 1 aromatic carbocycles. The van der Waals surface area contributed by atoms with Crippen LogP contribution in [-0.4, -0.2) is 64.5 Å². The first kappa shape index (κ1) is 15.1. The number of methoxy groups -OCH3 is 1. The number of ether oxygens (including phenoxy) is 2. The van der Waals surface area contributed by atoms with Crippen molar-refractivity contribution < 1.29 is 9.47 Å². The summed E-state index contributed by atoms with van der Waals surface area (Å²) in [6.07, 6.45) is 0. The molecule has 5 nitrogen and oxygen atoms in total. The average molecular weight is 279 g/mol. The van der Waals surface area contributed by atoms with Gasteiger partial charge >= 0.3 is 0 Å². The van der Waals surface area contributed by atoms with Crippen LogP contribution in [0.5, 0.6) is 5.75 Å². The van der Waals surface area contributed by atoms with Gasteiger partial charge in [0.1, 0.15) is 5.75 Å². The molecule has 1 aliphatic heterocycles. The molecule has 2 rings (SSSR count). The summed E-state index contributed by atoms with van der Waals surface area (Å²) in [5, 5.41) is 0. The van der Waals surface area contributed by atoms with E-state index in [9.17, 15) is 0 Å². The van der Waals surface area contributed by atoms with E-state index in [1.807, 2.05) is 12.1 Å². The van der Waals surface area contributed by atoms with Gasteiger partial charge in [-0.15, -0.1) is 0 Å². The Labute approximate surface area is 121 Å². The van der Waals surface area contributed by atoms with Gasteiger partial charge in [0.2, 0.25) is 0 Å². The molecule has 5 heteroatoms. The van der Waals surface area contributed by atoms with E-state index in [0.717, 1.165) is 45.1 Å². The third-order valence-corrected chi connectivity index (χ3v) is 3.60. The van der Waals surface area contributed by atoms with Crippen LogP contribution in [0.4, 0.5) is 5.69 Å². The molecule has 1 aromatic rings. The van der Waals surface area contributed by atoms with Crippen LogP contribution in [-0.2, 0) is 4.74 Å². The summed E-state index contributed by atoms with van der Waals surface area (Å²) in [6, 6.07) is 8.26. The minimum absolute atomic E-state index is 0.601. The molecule has 0 spiro atoms. The van der Waals surface area contributed by atoms with Crippen LogP contribution in [0.2, 0.25) is 0 Å². The standard InChI is InChI=1S/C15H25N3O2/c1-19-15-4-2-3-14(13-15)18-8-6-17(7-9-18)10-12-20-11-5-16/h2-4,13H,5-12,16H2,1H3. The van der Waals surface area contributed by atoms with Gasteiger partial charge in [0, 0.05) is 51.0 Å². The molecule has 2 N–H and O–H groups in total. The van der Waals surface area contributed by atoms with E-state index >= 15 is 0 Å². The third-order valence-electron chi connectivity index (χ3n) is 3.60. The summed E-state index contributed by atoms with van der Waals surface area (Å²) in [6.45, 7) is 7.26. The number of hydrogen-bond acceptors (Lipinski definition) is 5. The number of nitrogens with two attached hydrogens (primary N) is 1. The largest absolute Gasteiger partial charge is 0.497 e. The lowest BCUT2D eigenvalue weighted by Gasteiger charge is -2.36. The van der Waals surface area contributed by atoms with E-state index in [1.165, 1.54) is 5.69 Å².